The summed E-state index contributed by atoms with van der Waals surface area (Å²) in [4.78, 5) is 13.9. The molecule has 1 heterocycles. The van der Waals surface area contributed by atoms with Crippen molar-refractivity contribution in [3.8, 4) is 0 Å². The number of nitrogens with zero attached hydrogens (tertiary/aromatic N) is 1. The van der Waals surface area contributed by atoms with Gasteiger partial charge >= 0.3 is 0 Å². The van der Waals surface area contributed by atoms with E-state index in [9.17, 15) is 9.18 Å². The molecular weight excluding hydrogens is 207 g/mol. The topological polar surface area (TPSA) is 32.3 Å². The molecule has 1 fully saturated rings. The molecule has 0 saturated carbocycles. The van der Waals surface area contributed by atoms with Gasteiger partial charge in [0.1, 0.15) is 5.82 Å². The molecule has 16 heavy (non-hydrogen) atoms. The van der Waals surface area contributed by atoms with Crippen LogP contribution in [0, 0.1) is 5.82 Å². The van der Waals surface area contributed by atoms with Crippen molar-refractivity contribution in [3.63, 3.8) is 0 Å². The molecule has 2 rings (SSSR count). The molecule has 86 valence electrons. The molecule has 0 aromatic heterocycles. The quantitative estimate of drug-likeness (QED) is 0.828. The molecule has 1 aromatic carbocycles. The first kappa shape index (κ1) is 11.1. The lowest BCUT2D eigenvalue weighted by Crippen LogP contribution is -2.37. The summed E-state index contributed by atoms with van der Waals surface area (Å²) < 4.78 is 12.9. The van der Waals surface area contributed by atoms with Gasteiger partial charge in [0.2, 0.25) is 5.91 Å². The molecule has 1 saturated heterocycles. The lowest BCUT2D eigenvalue weighted by Gasteiger charge is -2.18. The second kappa shape index (κ2) is 4.61. The van der Waals surface area contributed by atoms with Crippen LogP contribution >= 0.6 is 0 Å². The van der Waals surface area contributed by atoms with Crippen molar-refractivity contribution >= 4 is 11.6 Å². The second-order valence-electron chi connectivity index (χ2n) is 4.14. The maximum Gasteiger partial charge on any atom is 0.241 e. The van der Waals surface area contributed by atoms with Gasteiger partial charge < -0.3 is 5.32 Å². The predicted octanol–water partition coefficient (Wildman–Crippen LogP) is 1.86. The fraction of sp³-hybridized carbons (Fsp3) is 0.417. The highest BCUT2D eigenvalue weighted by molar-refractivity contribution is 5.94. The zero-order valence-corrected chi connectivity index (χ0v) is 9.24. The maximum absolute atomic E-state index is 12.9. The molecule has 0 radical (unpaired) electrons. The van der Waals surface area contributed by atoms with Crippen LogP contribution in [0.4, 0.5) is 10.1 Å². The Hall–Kier alpha value is -1.42. The molecule has 1 aromatic rings. The minimum absolute atomic E-state index is 0.0504. The number of amides is 1. The summed E-state index contributed by atoms with van der Waals surface area (Å²) in [6.07, 6.45) is 1.91. The zero-order valence-electron chi connectivity index (χ0n) is 9.24. The smallest absolute Gasteiger partial charge is 0.241 e. The number of anilines is 1. The highest BCUT2D eigenvalue weighted by Crippen LogP contribution is 2.17. The lowest BCUT2D eigenvalue weighted by atomic mass is 10.2. The Balaban J connectivity index is 2.02. The molecule has 0 aliphatic carbocycles. The zero-order chi connectivity index (χ0) is 11.5. The van der Waals surface area contributed by atoms with Gasteiger partial charge in [0.15, 0.2) is 0 Å². The van der Waals surface area contributed by atoms with Gasteiger partial charge in [-0.1, -0.05) is 6.07 Å². The fourth-order valence-corrected chi connectivity index (χ4v) is 2.03. The molecule has 1 aliphatic heterocycles. The molecule has 1 unspecified atom stereocenters. The van der Waals surface area contributed by atoms with Crippen molar-refractivity contribution < 1.29 is 9.18 Å². The number of hydrogen-bond donors (Lipinski definition) is 1. The molecule has 1 amide bonds. The number of nitrogens with one attached hydrogen (secondary N) is 1. The van der Waals surface area contributed by atoms with Crippen LogP contribution in [0.1, 0.15) is 12.8 Å². The Morgan fingerprint density at radius 1 is 1.56 bits per heavy atom. The number of likely N-dealkylation sites (N-methyl/N-ethyl adjacent to an activating group) is 1. The van der Waals surface area contributed by atoms with Crippen LogP contribution in [0.5, 0.6) is 0 Å². The predicted molar refractivity (Wildman–Crippen MR) is 60.7 cm³/mol. The monoisotopic (exact) mass is 222 g/mol. The van der Waals surface area contributed by atoms with Crippen LogP contribution < -0.4 is 5.32 Å². The molecule has 1 aliphatic rings. The number of benzene rings is 1. The van der Waals surface area contributed by atoms with Crippen molar-refractivity contribution in [1.82, 2.24) is 4.90 Å². The average Bonchev–Trinajstić information content (AvgIpc) is 2.64. The number of likely N-dealkylation sites (tertiary alicyclic amines) is 1. The maximum atomic E-state index is 12.9. The number of halogens is 1. The molecule has 4 heteroatoms. The number of hydrogen-bond acceptors (Lipinski definition) is 2. The summed E-state index contributed by atoms with van der Waals surface area (Å²) in [7, 11) is 1.93. The largest absolute Gasteiger partial charge is 0.325 e. The number of carbonyl (C=O) groups is 1. The average molecular weight is 222 g/mol. The summed E-state index contributed by atoms with van der Waals surface area (Å²) in [6.45, 7) is 0.946. The highest BCUT2D eigenvalue weighted by atomic mass is 19.1. The van der Waals surface area contributed by atoms with Gasteiger partial charge in [0.25, 0.3) is 0 Å². The summed E-state index contributed by atoms with van der Waals surface area (Å²) >= 11 is 0. The standard InChI is InChI=1S/C12H15FN2O/c1-15-7-3-6-11(15)12(16)14-10-5-2-4-9(13)8-10/h2,4-5,8,11H,3,6-7H2,1H3,(H,14,16). The molecule has 1 atom stereocenters. The van der Waals surface area contributed by atoms with Gasteiger partial charge in [-0.25, -0.2) is 4.39 Å². The van der Waals surface area contributed by atoms with E-state index in [-0.39, 0.29) is 17.8 Å². The van der Waals surface area contributed by atoms with Crippen LogP contribution in [0.25, 0.3) is 0 Å². The van der Waals surface area contributed by atoms with Crippen LogP contribution in [-0.4, -0.2) is 30.4 Å². The van der Waals surface area contributed by atoms with Crippen LogP contribution in [0.2, 0.25) is 0 Å². The van der Waals surface area contributed by atoms with E-state index in [4.69, 9.17) is 0 Å². The van der Waals surface area contributed by atoms with E-state index in [1.54, 1.807) is 12.1 Å². The van der Waals surface area contributed by atoms with Gasteiger partial charge in [0, 0.05) is 5.69 Å². The lowest BCUT2D eigenvalue weighted by molar-refractivity contribution is -0.119. The normalized spacial score (nSPS) is 21.0. The summed E-state index contributed by atoms with van der Waals surface area (Å²) in [5.74, 6) is -0.386. The van der Waals surface area contributed by atoms with E-state index in [0.29, 0.717) is 5.69 Å². The summed E-state index contributed by atoms with van der Waals surface area (Å²) in [5.41, 5.74) is 0.519. The van der Waals surface area contributed by atoms with Crippen LogP contribution in [0.3, 0.4) is 0 Å². The van der Waals surface area contributed by atoms with Crippen LogP contribution in [0.15, 0.2) is 24.3 Å². The first-order valence-electron chi connectivity index (χ1n) is 5.43. The van der Waals surface area contributed by atoms with E-state index in [0.717, 1.165) is 19.4 Å². The van der Waals surface area contributed by atoms with Crippen molar-refractivity contribution in [1.29, 1.82) is 0 Å². The molecule has 0 spiro atoms. The molecule has 3 nitrogen and oxygen atoms in total. The van der Waals surface area contributed by atoms with Crippen molar-refractivity contribution in [3.05, 3.63) is 30.1 Å². The van der Waals surface area contributed by atoms with Crippen LogP contribution in [-0.2, 0) is 4.79 Å². The minimum Gasteiger partial charge on any atom is -0.325 e. The number of carbonyl (C=O) groups excluding carboxylic acids is 1. The summed E-state index contributed by atoms with van der Waals surface area (Å²) in [6, 6.07) is 5.88. The Bertz CT molecular complexity index is 394. The Kier molecular flexibility index (Phi) is 3.19. The third-order valence-electron chi connectivity index (χ3n) is 2.92. The highest BCUT2D eigenvalue weighted by Gasteiger charge is 2.27. The van der Waals surface area contributed by atoms with Crippen molar-refractivity contribution in [2.75, 3.05) is 18.9 Å². The molecular formula is C12H15FN2O. The first-order chi connectivity index (χ1) is 7.66. The van der Waals surface area contributed by atoms with Crippen molar-refractivity contribution in [2.45, 2.75) is 18.9 Å². The van der Waals surface area contributed by atoms with E-state index < -0.39 is 0 Å². The Labute approximate surface area is 94.3 Å². The third kappa shape index (κ3) is 2.39. The van der Waals surface area contributed by atoms with E-state index in [2.05, 4.69) is 5.32 Å². The van der Waals surface area contributed by atoms with Gasteiger partial charge in [0.05, 0.1) is 6.04 Å². The Morgan fingerprint density at radius 2 is 2.38 bits per heavy atom. The van der Waals surface area contributed by atoms with Gasteiger partial charge in [-0.3, -0.25) is 9.69 Å². The SMILES string of the molecule is CN1CCCC1C(=O)Nc1cccc(F)c1. The van der Waals surface area contributed by atoms with Gasteiger partial charge in [-0.15, -0.1) is 0 Å². The second-order valence-corrected chi connectivity index (χ2v) is 4.14. The number of rotatable bonds is 2. The van der Waals surface area contributed by atoms with E-state index in [1.165, 1.54) is 12.1 Å². The van der Waals surface area contributed by atoms with Gasteiger partial charge in [-0.2, -0.15) is 0 Å². The summed E-state index contributed by atoms with van der Waals surface area (Å²) in [5, 5.41) is 2.73. The molecule has 0 bridgehead atoms. The first-order valence-corrected chi connectivity index (χ1v) is 5.43. The Morgan fingerprint density at radius 3 is 3.00 bits per heavy atom. The fourth-order valence-electron chi connectivity index (χ4n) is 2.03. The van der Waals surface area contributed by atoms with E-state index >= 15 is 0 Å². The molecule has 1 N–H and O–H groups in total. The third-order valence-corrected chi connectivity index (χ3v) is 2.92. The minimum atomic E-state index is -0.336. The van der Waals surface area contributed by atoms with E-state index in [1.807, 2.05) is 11.9 Å². The van der Waals surface area contributed by atoms with Crippen molar-refractivity contribution in [2.24, 2.45) is 0 Å². The van der Waals surface area contributed by atoms with Gasteiger partial charge in [-0.05, 0) is 44.6 Å².